The van der Waals surface area contributed by atoms with Gasteiger partial charge in [0, 0.05) is 40.4 Å². The molecule has 1 saturated heterocycles. The molecular weight excluding hydrogens is 446 g/mol. The van der Waals surface area contributed by atoms with Gasteiger partial charge in [-0.25, -0.2) is 17.2 Å². The molecule has 0 saturated carbocycles. The maximum Gasteiger partial charge on any atom is 0.267 e. The first-order valence-electron chi connectivity index (χ1n) is 9.63. The first-order chi connectivity index (χ1) is 14.5. The van der Waals surface area contributed by atoms with Crippen molar-refractivity contribution in [3.63, 3.8) is 0 Å². The second-order valence-electron chi connectivity index (χ2n) is 7.69. The lowest BCUT2D eigenvalue weighted by Crippen LogP contribution is -2.31. The zero-order chi connectivity index (χ0) is 22.8. The number of carbonyl (C=O) groups is 1. The monoisotopic (exact) mass is 468 g/mol. The zero-order valence-corrected chi connectivity index (χ0v) is 18.6. The molecule has 166 valence electrons. The van der Waals surface area contributed by atoms with Gasteiger partial charge in [-0.3, -0.25) is 4.79 Å². The molecule has 2 atom stereocenters. The summed E-state index contributed by atoms with van der Waals surface area (Å²) in [5, 5.41) is 4.14. The van der Waals surface area contributed by atoms with E-state index in [1.54, 1.807) is 60.4 Å². The highest BCUT2D eigenvalue weighted by atomic mass is 35.5. The number of benzene rings is 2. The number of carbonyl (C=O) groups excluding carboxylic acids is 1. The normalized spacial score (nSPS) is 19.5. The van der Waals surface area contributed by atoms with Crippen LogP contribution in [0.1, 0.15) is 35.3 Å². The summed E-state index contributed by atoms with van der Waals surface area (Å²) in [6.07, 6.45) is 2.10. The van der Waals surface area contributed by atoms with Gasteiger partial charge in [0.05, 0.1) is 12.6 Å². The standard InChI is InChI=1S/C22H23ClF2N2O3S/c1-15(11-12-31(2,29)30)26-21(28)16-7-9-17(10-8-16)27-14-22(24,25)13-20(27)18-5-3-4-6-19(18)23/h3-12,15,20H,13-14H2,1-2H3,(H,26,28)/b12-11+/t15-,20+/m1/s1. The van der Waals surface area contributed by atoms with Crippen molar-refractivity contribution >= 4 is 33.0 Å². The summed E-state index contributed by atoms with van der Waals surface area (Å²) in [6, 6.07) is 12.2. The summed E-state index contributed by atoms with van der Waals surface area (Å²) >= 11 is 6.25. The SMILES string of the molecule is C[C@H](/C=C/S(C)(=O)=O)NC(=O)c1ccc(N2CC(F)(F)C[C@H]2c2ccccc2Cl)cc1. The summed E-state index contributed by atoms with van der Waals surface area (Å²) in [4.78, 5) is 14.0. The van der Waals surface area contributed by atoms with Crippen molar-refractivity contribution in [1.82, 2.24) is 5.32 Å². The Kier molecular flexibility index (Phi) is 6.71. The van der Waals surface area contributed by atoms with Gasteiger partial charge < -0.3 is 10.2 Å². The van der Waals surface area contributed by atoms with Gasteiger partial charge in [0.2, 0.25) is 0 Å². The van der Waals surface area contributed by atoms with Crippen LogP contribution in [0.3, 0.4) is 0 Å². The summed E-state index contributed by atoms with van der Waals surface area (Å²) in [5.74, 6) is -3.26. The Labute approximate surface area is 185 Å². The number of halogens is 3. The number of hydrogen-bond acceptors (Lipinski definition) is 4. The van der Waals surface area contributed by atoms with Crippen LogP contribution >= 0.6 is 11.6 Å². The highest BCUT2D eigenvalue weighted by molar-refractivity contribution is 7.93. The van der Waals surface area contributed by atoms with Crippen molar-refractivity contribution in [1.29, 1.82) is 0 Å². The predicted octanol–water partition coefficient (Wildman–Crippen LogP) is 4.60. The average Bonchev–Trinajstić information content (AvgIpc) is 3.01. The predicted molar refractivity (Wildman–Crippen MR) is 118 cm³/mol. The van der Waals surface area contributed by atoms with Gasteiger partial charge in [0.25, 0.3) is 11.8 Å². The molecule has 1 fully saturated rings. The average molecular weight is 469 g/mol. The number of rotatable bonds is 6. The smallest absolute Gasteiger partial charge is 0.267 e. The molecule has 31 heavy (non-hydrogen) atoms. The molecule has 9 heteroatoms. The first-order valence-corrected chi connectivity index (χ1v) is 12.0. The van der Waals surface area contributed by atoms with Gasteiger partial charge >= 0.3 is 0 Å². The number of amides is 1. The van der Waals surface area contributed by atoms with Crippen LogP contribution in [-0.2, 0) is 9.84 Å². The van der Waals surface area contributed by atoms with Crippen LogP contribution < -0.4 is 10.2 Å². The van der Waals surface area contributed by atoms with E-state index in [-0.39, 0.29) is 6.42 Å². The fourth-order valence-electron chi connectivity index (χ4n) is 3.51. The molecule has 3 rings (SSSR count). The number of sulfone groups is 1. The van der Waals surface area contributed by atoms with Crippen molar-refractivity contribution < 1.29 is 22.0 Å². The van der Waals surface area contributed by atoms with Gasteiger partial charge in [-0.15, -0.1) is 0 Å². The van der Waals surface area contributed by atoms with E-state index in [0.29, 0.717) is 21.8 Å². The fraction of sp³-hybridized carbons (Fsp3) is 0.318. The third-order valence-corrected chi connectivity index (χ3v) is 5.96. The molecule has 2 aromatic rings. The molecule has 0 unspecified atom stereocenters. The van der Waals surface area contributed by atoms with E-state index in [1.807, 2.05) is 0 Å². The van der Waals surface area contributed by atoms with Gasteiger partial charge in [-0.2, -0.15) is 0 Å². The molecule has 1 heterocycles. The largest absolute Gasteiger partial charge is 0.358 e. The topological polar surface area (TPSA) is 66.5 Å². The molecule has 0 bridgehead atoms. The third-order valence-electron chi connectivity index (χ3n) is 4.97. The highest BCUT2D eigenvalue weighted by Crippen LogP contribution is 2.45. The van der Waals surface area contributed by atoms with Gasteiger partial charge in [-0.1, -0.05) is 35.9 Å². The minimum Gasteiger partial charge on any atom is -0.358 e. The molecule has 0 spiro atoms. The van der Waals surface area contributed by atoms with Crippen LogP contribution in [0.25, 0.3) is 0 Å². The number of anilines is 1. The lowest BCUT2D eigenvalue weighted by molar-refractivity contribution is 0.0223. The van der Waals surface area contributed by atoms with Crippen molar-refractivity contribution in [2.24, 2.45) is 0 Å². The molecule has 0 aromatic heterocycles. The molecule has 1 amide bonds. The zero-order valence-electron chi connectivity index (χ0n) is 17.1. The van der Waals surface area contributed by atoms with E-state index < -0.39 is 40.3 Å². The molecule has 2 aromatic carbocycles. The molecule has 5 nitrogen and oxygen atoms in total. The van der Waals surface area contributed by atoms with E-state index in [0.717, 1.165) is 11.7 Å². The maximum absolute atomic E-state index is 14.3. The van der Waals surface area contributed by atoms with Crippen LogP contribution in [0.4, 0.5) is 14.5 Å². The lowest BCUT2D eigenvalue weighted by Gasteiger charge is -2.27. The molecule has 0 radical (unpaired) electrons. The third kappa shape index (κ3) is 6.04. The van der Waals surface area contributed by atoms with Crippen LogP contribution in [0.5, 0.6) is 0 Å². The maximum atomic E-state index is 14.3. The quantitative estimate of drug-likeness (QED) is 0.672. The summed E-state index contributed by atoms with van der Waals surface area (Å²) in [7, 11) is -3.28. The van der Waals surface area contributed by atoms with E-state index in [9.17, 15) is 22.0 Å². The second kappa shape index (κ2) is 8.96. The number of nitrogens with zero attached hydrogens (tertiary/aromatic N) is 1. The number of hydrogen-bond donors (Lipinski definition) is 1. The highest BCUT2D eigenvalue weighted by Gasteiger charge is 2.46. The Bertz CT molecular complexity index is 1090. The van der Waals surface area contributed by atoms with E-state index >= 15 is 0 Å². The van der Waals surface area contributed by atoms with Crippen molar-refractivity contribution in [3.8, 4) is 0 Å². The van der Waals surface area contributed by atoms with Crippen LogP contribution in [0, 0.1) is 0 Å². The van der Waals surface area contributed by atoms with E-state index in [2.05, 4.69) is 5.32 Å². The van der Waals surface area contributed by atoms with E-state index in [1.165, 1.54) is 6.08 Å². The van der Waals surface area contributed by atoms with Crippen molar-refractivity contribution in [2.75, 3.05) is 17.7 Å². The molecule has 1 N–H and O–H groups in total. The number of nitrogens with one attached hydrogen (secondary N) is 1. The Hall–Kier alpha value is -2.45. The Morgan fingerprint density at radius 2 is 1.87 bits per heavy atom. The Balaban J connectivity index is 1.77. The molecule has 1 aliphatic heterocycles. The van der Waals surface area contributed by atoms with Crippen LogP contribution in [-0.4, -0.2) is 39.1 Å². The summed E-state index contributed by atoms with van der Waals surface area (Å²) < 4.78 is 50.9. The Morgan fingerprint density at radius 1 is 1.23 bits per heavy atom. The number of alkyl halides is 2. The van der Waals surface area contributed by atoms with Crippen LogP contribution in [0.15, 0.2) is 60.0 Å². The molecule has 0 aliphatic carbocycles. The van der Waals surface area contributed by atoms with Crippen molar-refractivity contribution in [2.45, 2.75) is 31.4 Å². The molecular formula is C22H23ClF2N2O3S. The van der Waals surface area contributed by atoms with E-state index in [4.69, 9.17) is 11.6 Å². The summed E-state index contributed by atoms with van der Waals surface area (Å²) in [6.45, 7) is 1.20. The summed E-state index contributed by atoms with van der Waals surface area (Å²) in [5.41, 5.74) is 1.53. The molecule has 1 aliphatic rings. The minimum absolute atomic E-state index is 0.337. The van der Waals surface area contributed by atoms with Gasteiger partial charge in [-0.05, 0) is 42.8 Å². The minimum atomic E-state index is -3.28. The van der Waals surface area contributed by atoms with Gasteiger partial charge in [0.1, 0.15) is 0 Å². The van der Waals surface area contributed by atoms with Crippen LogP contribution in [0.2, 0.25) is 5.02 Å². The fourth-order valence-corrected chi connectivity index (χ4v) is 4.30. The van der Waals surface area contributed by atoms with Crippen molar-refractivity contribution in [3.05, 3.63) is 76.2 Å². The van der Waals surface area contributed by atoms with Gasteiger partial charge in [0.15, 0.2) is 9.84 Å². The Morgan fingerprint density at radius 3 is 2.48 bits per heavy atom. The lowest BCUT2D eigenvalue weighted by atomic mass is 10.0. The first kappa shape index (κ1) is 23.2. The second-order valence-corrected chi connectivity index (χ2v) is 10.0.